The molecule has 0 saturated heterocycles. The van der Waals surface area contributed by atoms with Gasteiger partial charge < -0.3 is 15.3 Å². The van der Waals surface area contributed by atoms with Gasteiger partial charge in [-0.15, -0.1) is 0 Å². The van der Waals surface area contributed by atoms with E-state index in [1.165, 1.54) is 0 Å². The summed E-state index contributed by atoms with van der Waals surface area (Å²) < 4.78 is 0. The van der Waals surface area contributed by atoms with E-state index in [-0.39, 0.29) is 5.91 Å². The molecule has 0 unspecified atom stereocenters. The van der Waals surface area contributed by atoms with E-state index in [4.69, 9.17) is 0 Å². The van der Waals surface area contributed by atoms with Crippen LogP contribution in [0.5, 0.6) is 0 Å². The number of carbonyl (C=O) groups is 1. The minimum absolute atomic E-state index is 0.0850. The van der Waals surface area contributed by atoms with E-state index in [0.717, 1.165) is 23.4 Å². The number of carbonyl (C=O) groups excluding carboxylic acids is 1. The van der Waals surface area contributed by atoms with Crippen LogP contribution in [0.25, 0.3) is 0 Å². The summed E-state index contributed by atoms with van der Waals surface area (Å²) in [4.78, 5) is 13.7. The fourth-order valence-electron chi connectivity index (χ4n) is 2.28. The molecule has 98 valence electrons. The standard InChI is InChI=1S/C14H20N2O2/c1-14(2,18)9-16-12-6-5-11(15-3)8-10(12)4-7-13(16)17/h5-6,8,15,18H,4,7,9H2,1-3H3. The maximum Gasteiger partial charge on any atom is 0.227 e. The van der Waals surface area contributed by atoms with Gasteiger partial charge in [-0.05, 0) is 44.0 Å². The van der Waals surface area contributed by atoms with Crippen LogP contribution in [0.2, 0.25) is 0 Å². The highest BCUT2D eigenvalue weighted by atomic mass is 16.3. The molecule has 18 heavy (non-hydrogen) atoms. The molecule has 0 aromatic heterocycles. The van der Waals surface area contributed by atoms with E-state index >= 15 is 0 Å². The zero-order chi connectivity index (χ0) is 13.3. The molecule has 1 heterocycles. The molecule has 0 spiro atoms. The number of fused-ring (bicyclic) bond motifs is 1. The maximum atomic E-state index is 12.0. The molecular weight excluding hydrogens is 228 g/mol. The Labute approximate surface area is 108 Å². The van der Waals surface area contributed by atoms with Crippen molar-refractivity contribution in [1.29, 1.82) is 0 Å². The number of rotatable bonds is 3. The zero-order valence-electron chi connectivity index (χ0n) is 11.2. The van der Waals surface area contributed by atoms with Crippen molar-refractivity contribution in [3.05, 3.63) is 23.8 Å². The molecule has 0 fully saturated rings. The van der Waals surface area contributed by atoms with E-state index < -0.39 is 5.60 Å². The lowest BCUT2D eigenvalue weighted by molar-refractivity contribution is -0.119. The predicted molar refractivity (Wildman–Crippen MR) is 73.0 cm³/mol. The summed E-state index contributed by atoms with van der Waals surface area (Å²) >= 11 is 0. The Bertz CT molecular complexity index is 463. The second-order valence-electron chi connectivity index (χ2n) is 5.39. The maximum absolute atomic E-state index is 12.0. The molecule has 1 amide bonds. The Balaban J connectivity index is 2.35. The van der Waals surface area contributed by atoms with E-state index in [1.807, 2.05) is 19.2 Å². The van der Waals surface area contributed by atoms with Gasteiger partial charge in [-0.2, -0.15) is 0 Å². The van der Waals surface area contributed by atoms with Crippen LogP contribution >= 0.6 is 0 Å². The van der Waals surface area contributed by atoms with Gasteiger partial charge in [-0.1, -0.05) is 0 Å². The van der Waals surface area contributed by atoms with Gasteiger partial charge in [0.1, 0.15) is 0 Å². The zero-order valence-corrected chi connectivity index (χ0v) is 11.2. The second kappa shape index (κ2) is 4.61. The number of hydrogen-bond donors (Lipinski definition) is 2. The van der Waals surface area contributed by atoms with E-state index in [9.17, 15) is 9.90 Å². The summed E-state index contributed by atoms with van der Waals surface area (Å²) in [6.07, 6.45) is 1.28. The third-order valence-corrected chi connectivity index (χ3v) is 3.11. The number of amides is 1. The smallest absolute Gasteiger partial charge is 0.227 e. The highest BCUT2D eigenvalue weighted by Crippen LogP contribution is 2.31. The van der Waals surface area contributed by atoms with Gasteiger partial charge in [0.15, 0.2) is 0 Å². The van der Waals surface area contributed by atoms with E-state index in [0.29, 0.717) is 13.0 Å². The number of nitrogens with zero attached hydrogens (tertiary/aromatic N) is 1. The number of hydrogen-bond acceptors (Lipinski definition) is 3. The molecule has 4 nitrogen and oxygen atoms in total. The van der Waals surface area contributed by atoms with Crippen LogP contribution in [0.4, 0.5) is 11.4 Å². The molecule has 0 aliphatic carbocycles. The first kappa shape index (κ1) is 12.9. The van der Waals surface area contributed by atoms with Crippen molar-refractivity contribution in [3.8, 4) is 0 Å². The summed E-state index contributed by atoms with van der Waals surface area (Å²) in [6, 6.07) is 5.97. The molecular formula is C14H20N2O2. The Morgan fingerprint density at radius 3 is 2.72 bits per heavy atom. The number of benzene rings is 1. The first-order valence-electron chi connectivity index (χ1n) is 6.24. The molecule has 0 atom stereocenters. The van der Waals surface area contributed by atoms with Crippen LogP contribution in [0, 0.1) is 0 Å². The molecule has 0 radical (unpaired) electrons. The van der Waals surface area contributed by atoms with Gasteiger partial charge in [-0.25, -0.2) is 0 Å². The van der Waals surface area contributed by atoms with Gasteiger partial charge in [0.2, 0.25) is 5.91 Å². The fraction of sp³-hybridized carbons (Fsp3) is 0.500. The normalized spacial score (nSPS) is 15.6. The average Bonchev–Trinajstić information content (AvgIpc) is 2.31. The summed E-state index contributed by atoms with van der Waals surface area (Å²) in [5.74, 6) is 0.0850. The van der Waals surface area contributed by atoms with Crippen molar-refractivity contribution in [2.75, 3.05) is 23.8 Å². The van der Waals surface area contributed by atoms with E-state index in [2.05, 4.69) is 11.4 Å². The number of aryl methyl sites for hydroxylation is 1. The number of β-amino-alcohol motifs (C(OH)–C–C–N with tert-alkyl or cyclic N) is 1. The van der Waals surface area contributed by atoms with E-state index in [1.54, 1.807) is 18.7 Å². The lowest BCUT2D eigenvalue weighted by Crippen LogP contribution is -2.44. The molecule has 2 N–H and O–H groups in total. The van der Waals surface area contributed by atoms with Crippen LogP contribution < -0.4 is 10.2 Å². The fourth-order valence-corrected chi connectivity index (χ4v) is 2.28. The van der Waals surface area contributed by atoms with Gasteiger partial charge in [0, 0.05) is 24.8 Å². The topological polar surface area (TPSA) is 52.6 Å². The molecule has 2 rings (SSSR count). The van der Waals surface area contributed by atoms with Crippen molar-refractivity contribution >= 4 is 17.3 Å². The lowest BCUT2D eigenvalue weighted by atomic mass is 9.98. The summed E-state index contributed by atoms with van der Waals surface area (Å²) in [5, 5.41) is 13.0. The second-order valence-corrected chi connectivity index (χ2v) is 5.39. The Kier molecular flexibility index (Phi) is 3.30. The Morgan fingerprint density at radius 1 is 1.39 bits per heavy atom. The third kappa shape index (κ3) is 2.64. The molecule has 4 heteroatoms. The number of nitrogens with one attached hydrogen (secondary N) is 1. The van der Waals surface area contributed by atoms with Crippen LogP contribution in [0.1, 0.15) is 25.8 Å². The van der Waals surface area contributed by atoms with Crippen molar-refractivity contribution in [2.24, 2.45) is 0 Å². The van der Waals surface area contributed by atoms with Crippen molar-refractivity contribution < 1.29 is 9.90 Å². The average molecular weight is 248 g/mol. The summed E-state index contributed by atoms with van der Waals surface area (Å²) in [7, 11) is 1.88. The van der Waals surface area contributed by atoms with Crippen molar-refractivity contribution in [3.63, 3.8) is 0 Å². The van der Waals surface area contributed by atoms with Crippen LogP contribution in [-0.4, -0.2) is 30.2 Å². The first-order valence-corrected chi connectivity index (χ1v) is 6.24. The van der Waals surface area contributed by atoms with Gasteiger partial charge in [0.25, 0.3) is 0 Å². The molecule has 0 saturated carbocycles. The highest BCUT2D eigenvalue weighted by Gasteiger charge is 2.28. The molecule has 1 aliphatic heterocycles. The largest absolute Gasteiger partial charge is 0.389 e. The van der Waals surface area contributed by atoms with Gasteiger partial charge in [-0.3, -0.25) is 4.79 Å². The minimum atomic E-state index is -0.883. The Hall–Kier alpha value is -1.55. The quantitative estimate of drug-likeness (QED) is 0.857. The number of anilines is 2. The lowest BCUT2D eigenvalue weighted by Gasteiger charge is -2.34. The van der Waals surface area contributed by atoms with Crippen LogP contribution in [0.15, 0.2) is 18.2 Å². The molecule has 1 aromatic carbocycles. The molecule has 1 aromatic rings. The summed E-state index contributed by atoms with van der Waals surface area (Å²) in [5.41, 5.74) is 2.25. The van der Waals surface area contributed by atoms with Crippen LogP contribution in [0.3, 0.4) is 0 Å². The molecule has 0 bridgehead atoms. The van der Waals surface area contributed by atoms with Gasteiger partial charge in [0.05, 0.1) is 12.1 Å². The third-order valence-electron chi connectivity index (χ3n) is 3.11. The van der Waals surface area contributed by atoms with Crippen molar-refractivity contribution in [1.82, 2.24) is 0 Å². The van der Waals surface area contributed by atoms with Crippen molar-refractivity contribution in [2.45, 2.75) is 32.3 Å². The Morgan fingerprint density at radius 2 is 2.11 bits per heavy atom. The van der Waals surface area contributed by atoms with Crippen LogP contribution in [-0.2, 0) is 11.2 Å². The molecule has 1 aliphatic rings. The SMILES string of the molecule is CNc1ccc2c(c1)CCC(=O)N2CC(C)(C)O. The number of aliphatic hydroxyl groups is 1. The monoisotopic (exact) mass is 248 g/mol. The van der Waals surface area contributed by atoms with Gasteiger partial charge >= 0.3 is 0 Å². The highest BCUT2D eigenvalue weighted by molar-refractivity contribution is 5.96. The predicted octanol–water partition coefficient (Wildman–Crippen LogP) is 1.78. The minimum Gasteiger partial charge on any atom is -0.389 e. The summed E-state index contributed by atoms with van der Waals surface area (Å²) in [6.45, 7) is 3.77. The first-order chi connectivity index (χ1) is 8.40.